The summed E-state index contributed by atoms with van der Waals surface area (Å²) in [6, 6.07) is 12.5. The lowest BCUT2D eigenvalue weighted by atomic mass is 10.3. The minimum Gasteiger partial charge on any atom is -0.354 e. The lowest BCUT2D eigenvalue weighted by Gasteiger charge is -2.22. The van der Waals surface area contributed by atoms with E-state index in [4.69, 9.17) is 0 Å². The van der Waals surface area contributed by atoms with E-state index < -0.39 is 34.1 Å². The van der Waals surface area contributed by atoms with Crippen LogP contribution >= 0.6 is 11.8 Å². The van der Waals surface area contributed by atoms with Crippen LogP contribution in [0.25, 0.3) is 0 Å². The number of carbonyl (C=O) groups excluding carboxylic acids is 1. The molecule has 0 spiro atoms. The highest BCUT2D eigenvalue weighted by Crippen LogP contribution is 2.20. The number of halogens is 2. The summed E-state index contributed by atoms with van der Waals surface area (Å²) in [5.74, 6) is -1.99. The number of carbonyl (C=O) groups is 1. The van der Waals surface area contributed by atoms with Crippen molar-refractivity contribution in [3.05, 3.63) is 60.2 Å². The van der Waals surface area contributed by atoms with E-state index in [1.807, 2.05) is 30.3 Å². The normalized spacial score (nSPS) is 11.2. The van der Waals surface area contributed by atoms with Crippen LogP contribution < -0.4 is 9.62 Å². The highest BCUT2D eigenvalue weighted by molar-refractivity contribution is 7.99. The van der Waals surface area contributed by atoms with Crippen LogP contribution in [-0.2, 0) is 14.8 Å². The Hall–Kier alpha value is -2.13. The summed E-state index contributed by atoms with van der Waals surface area (Å²) < 4.78 is 51.0. The standard InChI is InChI=1S/C18H20F2N2O3S2/c1-27(24,25)22(14-8-9-16(19)17(20)12-14)13-18(23)21-10-5-11-26-15-6-3-2-4-7-15/h2-4,6-9,12H,5,10-11,13H2,1H3,(H,21,23). The summed E-state index contributed by atoms with van der Waals surface area (Å²) in [6.45, 7) is -0.121. The minimum absolute atomic E-state index is 0.105. The maximum Gasteiger partial charge on any atom is 0.240 e. The third-order valence-electron chi connectivity index (χ3n) is 3.53. The zero-order valence-electron chi connectivity index (χ0n) is 14.7. The largest absolute Gasteiger partial charge is 0.354 e. The summed E-state index contributed by atoms with van der Waals surface area (Å²) in [5, 5.41) is 2.64. The molecule has 0 unspecified atom stereocenters. The molecule has 0 radical (unpaired) electrons. The van der Waals surface area contributed by atoms with Crippen molar-refractivity contribution in [3.8, 4) is 0 Å². The van der Waals surface area contributed by atoms with E-state index in [0.29, 0.717) is 13.0 Å². The molecule has 9 heteroatoms. The maximum atomic E-state index is 13.4. The fourth-order valence-corrected chi connectivity index (χ4v) is 3.96. The zero-order chi connectivity index (χ0) is 19.9. The van der Waals surface area contributed by atoms with Gasteiger partial charge in [0.2, 0.25) is 15.9 Å². The number of thioether (sulfide) groups is 1. The molecule has 0 saturated carbocycles. The number of rotatable bonds is 9. The van der Waals surface area contributed by atoms with E-state index in [0.717, 1.165) is 39.4 Å². The fourth-order valence-electron chi connectivity index (χ4n) is 2.23. The van der Waals surface area contributed by atoms with Gasteiger partial charge in [0, 0.05) is 17.5 Å². The van der Waals surface area contributed by atoms with E-state index in [1.165, 1.54) is 0 Å². The summed E-state index contributed by atoms with van der Waals surface area (Å²) in [4.78, 5) is 13.2. The maximum absolute atomic E-state index is 13.4. The van der Waals surface area contributed by atoms with Crippen molar-refractivity contribution in [2.75, 3.05) is 29.4 Å². The third-order valence-corrected chi connectivity index (χ3v) is 5.77. The first-order valence-corrected chi connectivity index (χ1v) is 11.0. The van der Waals surface area contributed by atoms with Crippen LogP contribution in [-0.4, -0.2) is 39.4 Å². The van der Waals surface area contributed by atoms with E-state index in [1.54, 1.807) is 11.8 Å². The van der Waals surface area contributed by atoms with Crippen molar-refractivity contribution in [2.24, 2.45) is 0 Å². The monoisotopic (exact) mass is 414 g/mol. The van der Waals surface area contributed by atoms with Crippen LogP contribution in [0, 0.1) is 11.6 Å². The van der Waals surface area contributed by atoms with Crippen molar-refractivity contribution >= 4 is 33.4 Å². The Bertz CT molecular complexity index is 877. The SMILES string of the molecule is CS(=O)(=O)N(CC(=O)NCCCSc1ccccc1)c1ccc(F)c(F)c1. The molecule has 146 valence electrons. The van der Waals surface area contributed by atoms with E-state index in [-0.39, 0.29) is 5.69 Å². The molecule has 0 heterocycles. The molecule has 0 aliphatic rings. The fraction of sp³-hybridized carbons (Fsp3) is 0.278. The molecule has 0 aliphatic heterocycles. The van der Waals surface area contributed by atoms with E-state index in [9.17, 15) is 22.0 Å². The molecule has 0 fully saturated rings. The first-order valence-electron chi connectivity index (χ1n) is 8.14. The molecule has 0 atom stereocenters. The highest BCUT2D eigenvalue weighted by Gasteiger charge is 2.21. The Morgan fingerprint density at radius 2 is 1.81 bits per heavy atom. The molecule has 1 amide bonds. The molecule has 0 aliphatic carbocycles. The second kappa shape index (κ2) is 9.70. The average molecular weight is 414 g/mol. The highest BCUT2D eigenvalue weighted by atomic mass is 32.2. The lowest BCUT2D eigenvalue weighted by Crippen LogP contribution is -2.40. The summed E-state index contributed by atoms with van der Waals surface area (Å²) >= 11 is 1.66. The van der Waals surface area contributed by atoms with Gasteiger partial charge in [-0.1, -0.05) is 18.2 Å². The number of nitrogens with zero attached hydrogens (tertiary/aromatic N) is 1. The molecule has 2 rings (SSSR count). The number of amides is 1. The molecule has 2 aromatic carbocycles. The number of nitrogens with one attached hydrogen (secondary N) is 1. The van der Waals surface area contributed by atoms with Crippen molar-refractivity contribution in [1.29, 1.82) is 0 Å². The van der Waals surface area contributed by atoms with Gasteiger partial charge in [-0.25, -0.2) is 17.2 Å². The Labute approximate surface area is 161 Å². The second-order valence-electron chi connectivity index (χ2n) is 5.73. The van der Waals surface area contributed by atoms with Gasteiger partial charge < -0.3 is 5.32 Å². The first kappa shape index (κ1) is 21.2. The van der Waals surface area contributed by atoms with Crippen molar-refractivity contribution in [2.45, 2.75) is 11.3 Å². The molecule has 0 aromatic heterocycles. The molecular formula is C18H20F2N2O3S2. The summed E-state index contributed by atoms with van der Waals surface area (Å²) in [6.07, 6.45) is 1.60. The Kier molecular flexibility index (Phi) is 7.61. The average Bonchev–Trinajstić information content (AvgIpc) is 2.62. The number of sulfonamides is 1. The van der Waals surface area contributed by atoms with Gasteiger partial charge in [0.15, 0.2) is 11.6 Å². The van der Waals surface area contributed by atoms with Gasteiger partial charge >= 0.3 is 0 Å². The van der Waals surface area contributed by atoms with Crippen LogP contribution in [0.2, 0.25) is 0 Å². The quantitative estimate of drug-likeness (QED) is 0.506. The van der Waals surface area contributed by atoms with Crippen LogP contribution in [0.4, 0.5) is 14.5 Å². The van der Waals surface area contributed by atoms with Gasteiger partial charge in [0.05, 0.1) is 11.9 Å². The number of anilines is 1. The van der Waals surface area contributed by atoms with Crippen LogP contribution in [0.3, 0.4) is 0 Å². The predicted octanol–water partition coefficient (Wildman–Crippen LogP) is 3.03. The smallest absolute Gasteiger partial charge is 0.240 e. The molecule has 0 bridgehead atoms. The molecule has 27 heavy (non-hydrogen) atoms. The van der Waals surface area contributed by atoms with Gasteiger partial charge in [-0.2, -0.15) is 0 Å². The van der Waals surface area contributed by atoms with Crippen LogP contribution in [0.15, 0.2) is 53.4 Å². The molecule has 5 nitrogen and oxygen atoms in total. The van der Waals surface area contributed by atoms with Gasteiger partial charge in [0.1, 0.15) is 6.54 Å². The van der Waals surface area contributed by atoms with E-state index in [2.05, 4.69) is 5.32 Å². The Morgan fingerprint density at radius 1 is 1.11 bits per heavy atom. The topological polar surface area (TPSA) is 66.5 Å². The molecule has 1 N–H and O–H groups in total. The van der Waals surface area contributed by atoms with Gasteiger partial charge in [0.25, 0.3) is 0 Å². The van der Waals surface area contributed by atoms with Gasteiger partial charge in [-0.3, -0.25) is 9.10 Å². The Morgan fingerprint density at radius 3 is 2.44 bits per heavy atom. The van der Waals surface area contributed by atoms with Crippen molar-refractivity contribution in [3.63, 3.8) is 0 Å². The predicted molar refractivity (Wildman–Crippen MR) is 103 cm³/mol. The number of hydrogen-bond acceptors (Lipinski definition) is 4. The summed E-state index contributed by atoms with van der Waals surface area (Å²) in [7, 11) is -3.83. The Balaban J connectivity index is 1.86. The number of hydrogen-bond donors (Lipinski definition) is 1. The van der Waals surface area contributed by atoms with Crippen molar-refractivity contribution < 1.29 is 22.0 Å². The van der Waals surface area contributed by atoms with Crippen LogP contribution in [0.1, 0.15) is 6.42 Å². The molecule has 2 aromatic rings. The molecular weight excluding hydrogens is 394 g/mol. The molecule has 0 saturated heterocycles. The first-order chi connectivity index (χ1) is 12.8. The summed E-state index contributed by atoms with van der Waals surface area (Å²) in [5.41, 5.74) is -0.105. The minimum atomic E-state index is -3.83. The van der Waals surface area contributed by atoms with Gasteiger partial charge in [-0.05, 0) is 36.4 Å². The lowest BCUT2D eigenvalue weighted by molar-refractivity contribution is -0.119. The van der Waals surface area contributed by atoms with Gasteiger partial charge in [-0.15, -0.1) is 11.8 Å². The zero-order valence-corrected chi connectivity index (χ0v) is 16.3. The number of benzene rings is 2. The van der Waals surface area contributed by atoms with Crippen LogP contribution in [0.5, 0.6) is 0 Å². The van der Waals surface area contributed by atoms with Crippen molar-refractivity contribution in [1.82, 2.24) is 5.32 Å². The van der Waals surface area contributed by atoms with E-state index >= 15 is 0 Å². The third kappa shape index (κ3) is 6.84. The second-order valence-corrected chi connectivity index (χ2v) is 8.81.